The fourth-order valence-corrected chi connectivity index (χ4v) is 2.43. The SMILES string of the molecule is O=C(CCc1nnc(COc2ccccc2)o1)NC(c1ccccn1)C(F)(F)F. The fraction of sp³-hybridized carbons (Fsp3) is 0.263. The van der Waals surface area contributed by atoms with Crippen LogP contribution in [0.5, 0.6) is 5.75 Å². The van der Waals surface area contributed by atoms with E-state index in [1.807, 2.05) is 23.5 Å². The van der Waals surface area contributed by atoms with E-state index >= 15 is 0 Å². The molecule has 0 radical (unpaired) electrons. The van der Waals surface area contributed by atoms with Crippen molar-refractivity contribution in [3.8, 4) is 5.75 Å². The van der Waals surface area contributed by atoms with Crippen LogP contribution in [0.1, 0.15) is 29.9 Å². The first kappa shape index (κ1) is 20.3. The molecule has 29 heavy (non-hydrogen) atoms. The maximum Gasteiger partial charge on any atom is 0.414 e. The van der Waals surface area contributed by atoms with Crippen LogP contribution in [0.3, 0.4) is 0 Å². The van der Waals surface area contributed by atoms with Crippen molar-refractivity contribution in [2.75, 3.05) is 0 Å². The Bertz CT molecular complexity index is 917. The van der Waals surface area contributed by atoms with E-state index in [-0.39, 0.29) is 36.9 Å². The second-order valence-electron chi connectivity index (χ2n) is 5.99. The molecule has 2 heterocycles. The van der Waals surface area contributed by atoms with E-state index in [1.54, 1.807) is 12.1 Å². The van der Waals surface area contributed by atoms with Gasteiger partial charge in [-0.05, 0) is 24.3 Å². The number of nitrogens with one attached hydrogen (secondary N) is 1. The molecule has 0 bridgehead atoms. The molecule has 0 aliphatic carbocycles. The highest BCUT2D eigenvalue weighted by atomic mass is 19.4. The van der Waals surface area contributed by atoms with Gasteiger partial charge >= 0.3 is 6.18 Å². The number of carbonyl (C=O) groups excluding carboxylic acids is 1. The predicted octanol–water partition coefficient (Wildman–Crippen LogP) is 3.40. The first-order valence-corrected chi connectivity index (χ1v) is 8.68. The maximum atomic E-state index is 13.2. The molecule has 0 spiro atoms. The molecule has 3 aromatic rings. The Balaban J connectivity index is 1.51. The first-order chi connectivity index (χ1) is 13.9. The van der Waals surface area contributed by atoms with E-state index in [0.717, 1.165) is 0 Å². The normalized spacial score (nSPS) is 12.4. The number of ether oxygens (including phenoxy) is 1. The molecule has 0 saturated carbocycles. The molecular weight excluding hydrogens is 389 g/mol. The van der Waals surface area contributed by atoms with Gasteiger partial charge in [-0.25, -0.2) is 0 Å². The molecule has 0 fully saturated rings. The molecule has 152 valence electrons. The highest BCUT2D eigenvalue weighted by molar-refractivity contribution is 5.76. The van der Waals surface area contributed by atoms with Gasteiger partial charge in [0.1, 0.15) is 5.75 Å². The van der Waals surface area contributed by atoms with E-state index in [2.05, 4.69) is 15.2 Å². The minimum absolute atomic E-state index is 0.00301. The lowest BCUT2D eigenvalue weighted by atomic mass is 10.1. The number of para-hydroxylation sites is 1. The number of rotatable bonds is 8. The van der Waals surface area contributed by atoms with Crippen molar-refractivity contribution in [2.45, 2.75) is 31.7 Å². The van der Waals surface area contributed by atoms with Gasteiger partial charge in [0.05, 0.1) is 5.69 Å². The summed E-state index contributed by atoms with van der Waals surface area (Å²) < 4.78 is 50.6. The van der Waals surface area contributed by atoms with Crippen molar-refractivity contribution >= 4 is 5.91 Å². The Morgan fingerprint density at radius 3 is 2.48 bits per heavy atom. The summed E-state index contributed by atoms with van der Waals surface area (Å²) in [5.41, 5.74) is -0.286. The summed E-state index contributed by atoms with van der Waals surface area (Å²) in [7, 11) is 0. The maximum absolute atomic E-state index is 13.2. The van der Waals surface area contributed by atoms with Crippen LogP contribution in [-0.4, -0.2) is 27.3 Å². The number of carbonyl (C=O) groups is 1. The molecule has 0 saturated heterocycles. The summed E-state index contributed by atoms with van der Waals surface area (Å²) in [6, 6.07) is 10.9. The summed E-state index contributed by atoms with van der Waals surface area (Å²) in [6.07, 6.45) is -3.69. The van der Waals surface area contributed by atoms with Gasteiger partial charge in [-0.2, -0.15) is 13.2 Å². The monoisotopic (exact) mass is 406 g/mol. The van der Waals surface area contributed by atoms with Crippen LogP contribution in [0.25, 0.3) is 0 Å². The molecular formula is C19H17F3N4O3. The lowest BCUT2D eigenvalue weighted by molar-refractivity contribution is -0.164. The molecule has 1 aromatic carbocycles. The molecule has 1 unspecified atom stereocenters. The number of aromatic nitrogens is 3. The molecule has 0 aliphatic rings. The van der Waals surface area contributed by atoms with E-state index in [9.17, 15) is 18.0 Å². The van der Waals surface area contributed by atoms with Gasteiger partial charge in [-0.3, -0.25) is 9.78 Å². The zero-order valence-electron chi connectivity index (χ0n) is 15.1. The highest BCUT2D eigenvalue weighted by Crippen LogP contribution is 2.31. The third-order valence-corrected chi connectivity index (χ3v) is 3.80. The van der Waals surface area contributed by atoms with Crippen LogP contribution >= 0.6 is 0 Å². The van der Waals surface area contributed by atoms with Crippen molar-refractivity contribution in [1.82, 2.24) is 20.5 Å². The van der Waals surface area contributed by atoms with E-state index in [1.165, 1.54) is 24.4 Å². The van der Waals surface area contributed by atoms with Crippen LogP contribution < -0.4 is 10.1 Å². The van der Waals surface area contributed by atoms with Crippen molar-refractivity contribution < 1.29 is 27.1 Å². The van der Waals surface area contributed by atoms with Crippen LogP contribution in [0.15, 0.2) is 59.1 Å². The van der Waals surface area contributed by atoms with Crippen molar-refractivity contribution in [1.29, 1.82) is 0 Å². The molecule has 1 amide bonds. The number of hydrogen-bond donors (Lipinski definition) is 1. The number of pyridine rings is 1. The lowest BCUT2D eigenvalue weighted by Crippen LogP contribution is -2.38. The largest absolute Gasteiger partial charge is 0.484 e. The molecule has 1 atom stereocenters. The summed E-state index contributed by atoms with van der Waals surface area (Å²) >= 11 is 0. The van der Waals surface area contributed by atoms with Gasteiger partial charge in [0, 0.05) is 19.0 Å². The van der Waals surface area contributed by atoms with Gasteiger partial charge in [0.25, 0.3) is 5.89 Å². The number of hydrogen-bond acceptors (Lipinski definition) is 6. The zero-order valence-corrected chi connectivity index (χ0v) is 15.1. The summed E-state index contributed by atoms with van der Waals surface area (Å²) in [4.78, 5) is 15.7. The van der Waals surface area contributed by atoms with Gasteiger partial charge < -0.3 is 14.5 Å². The molecule has 0 aliphatic heterocycles. The van der Waals surface area contributed by atoms with Crippen LogP contribution in [0, 0.1) is 0 Å². The minimum Gasteiger partial charge on any atom is -0.484 e. The Morgan fingerprint density at radius 2 is 1.79 bits per heavy atom. The molecule has 7 nitrogen and oxygen atoms in total. The third-order valence-electron chi connectivity index (χ3n) is 3.80. The number of halogens is 3. The lowest BCUT2D eigenvalue weighted by Gasteiger charge is -2.20. The minimum atomic E-state index is -4.67. The van der Waals surface area contributed by atoms with Crippen LogP contribution in [0.2, 0.25) is 0 Å². The van der Waals surface area contributed by atoms with Crippen molar-refractivity contribution in [3.05, 3.63) is 72.2 Å². The van der Waals surface area contributed by atoms with E-state index < -0.39 is 18.1 Å². The second-order valence-corrected chi connectivity index (χ2v) is 5.99. The van der Waals surface area contributed by atoms with Gasteiger partial charge in [-0.1, -0.05) is 24.3 Å². The Hall–Kier alpha value is -3.43. The standard InChI is InChI=1S/C19H17F3N4O3/c20-19(21,22)18(14-8-4-5-11-23-14)24-15(27)9-10-16-25-26-17(29-16)12-28-13-6-2-1-3-7-13/h1-8,11,18H,9-10,12H2,(H,24,27). The smallest absolute Gasteiger partial charge is 0.414 e. The van der Waals surface area contributed by atoms with Gasteiger partial charge in [0.2, 0.25) is 11.8 Å². The number of aryl methyl sites for hydroxylation is 1. The summed E-state index contributed by atoms with van der Waals surface area (Å²) in [5, 5.41) is 9.52. The quantitative estimate of drug-likeness (QED) is 0.617. The molecule has 2 aromatic heterocycles. The molecule has 1 N–H and O–H groups in total. The van der Waals surface area contributed by atoms with E-state index in [0.29, 0.717) is 5.75 Å². The molecule has 10 heteroatoms. The van der Waals surface area contributed by atoms with Gasteiger partial charge in [-0.15, -0.1) is 10.2 Å². The Morgan fingerprint density at radius 1 is 1.07 bits per heavy atom. The van der Waals surface area contributed by atoms with Crippen molar-refractivity contribution in [2.24, 2.45) is 0 Å². The number of benzene rings is 1. The predicted molar refractivity (Wildman–Crippen MR) is 94.6 cm³/mol. The average molecular weight is 406 g/mol. The van der Waals surface area contributed by atoms with Crippen LogP contribution in [0.4, 0.5) is 13.2 Å². The number of amides is 1. The second kappa shape index (κ2) is 9.18. The zero-order chi connectivity index (χ0) is 20.7. The van der Waals surface area contributed by atoms with Gasteiger partial charge in [0.15, 0.2) is 12.6 Å². The third kappa shape index (κ3) is 6.03. The Labute approximate surface area is 163 Å². The number of nitrogens with zero attached hydrogens (tertiary/aromatic N) is 3. The van der Waals surface area contributed by atoms with E-state index in [4.69, 9.17) is 9.15 Å². The number of alkyl halides is 3. The summed E-state index contributed by atoms with van der Waals surface area (Å²) in [6.45, 7) is 0.0407. The average Bonchev–Trinajstić information content (AvgIpc) is 3.17. The highest BCUT2D eigenvalue weighted by Gasteiger charge is 2.42. The first-order valence-electron chi connectivity index (χ1n) is 8.68. The van der Waals surface area contributed by atoms with Crippen LogP contribution in [-0.2, 0) is 17.8 Å². The molecule has 3 rings (SSSR count). The topological polar surface area (TPSA) is 90.1 Å². The van der Waals surface area contributed by atoms with Crippen molar-refractivity contribution in [3.63, 3.8) is 0 Å². The fourth-order valence-electron chi connectivity index (χ4n) is 2.43. The summed E-state index contributed by atoms with van der Waals surface area (Å²) in [5.74, 6) is 0.150. The Kier molecular flexibility index (Phi) is 6.43.